The van der Waals surface area contributed by atoms with Crippen LogP contribution in [0.5, 0.6) is 5.75 Å². The highest BCUT2D eigenvalue weighted by Crippen LogP contribution is 2.16. The quantitative estimate of drug-likeness (QED) is 0.513. The molecule has 0 bridgehead atoms. The van der Waals surface area contributed by atoms with Gasteiger partial charge in [0.25, 0.3) is 5.91 Å². The Balaban J connectivity index is 1.60. The first-order chi connectivity index (χ1) is 15.8. The van der Waals surface area contributed by atoms with Crippen LogP contribution >= 0.6 is 0 Å². The lowest BCUT2D eigenvalue weighted by molar-refractivity contribution is -0.124. The lowest BCUT2D eigenvalue weighted by Crippen LogP contribution is -2.49. The van der Waals surface area contributed by atoms with Crippen LogP contribution in [0.2, 0.25) is 0 Å². The van der Waals surface area contributed by atoms with E-state index in [1.807, 2.05) is 24.3 Å². The van der Waals surface area contributed by atoms with Crippen LogP contribution in [-0.4, -0.2) is 22.8 Å². The van der Waals surface area contributed by atoms with Crippen molar-refractivity contribution in [3.05, 3.63) is 95.3 Å². The third-order valence-electron chi connectivity index (χ3n) is 4.90. The Hall–Kier alpha value is -3.81. The van der Waals surface area contributed by atoms with Gasteiger partial charge in [0, 0.05) is 12.7 Å². The van der Waals surface area contributed by atoms with E-state index in [9.17, 15) is 18.4 Å². The molecule has 33 heavy (non-hydrogen) atoms. The minimum atomic E-state index is -0.988. The van der Waals surface area contributed by atoms with Gasteiger partial charge in [0.2, 0.25) is 5.91 Å². The number of benzene rings is 2. The summed E-state index contributed by atoms with van der Waals surface area (Å²) in [5, 5.41) is 5.20. The summed E-state index contributed by atoms with van der Waals surface area (Å²) < 4.78 is 33.6. The molecule has 0 saturated carbocycles. The zero-order valence-corrected chi connectivity index (χ0v) is 18.3. The summed E-state index contributed by atoms with van der Waals surface area (Å²) in [5.41, 5.74) is 0.863. The van der Waals surface area contributed by atoms with Gasteiger partial charge in [0.1, 0.15) is 35.6 Å². The second-order valence-electron chi connectivity index (χ2n) is 7.77. The lowest BCUT2D eigenvalue weighted by atomic mass is 10.0. The molecule has 172 valence electrons. The zero-order chi connectivity index (χ0) is 23.8. The maximum absolute atomic E-state index is 13.9. The number of pyridine rings is 1. The summed E-state index contributed by atoms with van der Waals surface area (Å²) in [6, 6.07) is 15.0. The third-order valence-corrected chi connectivity index (χ3v) is 4.90. The minimum absolute atomic E-state index is 0.187. The molecule has 3 aromatic rings. The highest BCUT2D eigenvalue weighted by atomic mass is 19.1. The van der Waals surface area contributed by atoms with Crippen molar-refractivity contribution in [2.75, 3.05) is 0 Å². The van der Waals surface area contributed by atoms with Crippen molar-refractivity contribution < 1.29 is 23.1 Å². The maximum Gasteiger partial charge on any atom is 0.257 e. The van der Waals surface area contributed by atoms with Gasteiger partial charge < -0.3 is 15.4 Å². The van der Waals surface area contributed by atoms with Crippen molar-refractivity contribution in [3.8, 4) is 5.75 Å². The first kappa shape index (κ1) is 23.8. The van der Waals surface area contributed by atoms with E-state index in [2.05, 4.69) is 15.6 Å². The van der Waals surface area contributed by atoms with Gasteiger partial charge in [-0.2, -0.15) is 0 Å². The number of aromatic nitrogens is 1. The highest BCUT2D eigenvalue weighted by Gasteiger charge is 2.27. The number of carbonyl (C=O) groups is 2. The molecule has 3 rings (SSSR count). The van der Waals surface area contributed by atoms with E-state index in [-0.39, 0.29) is 12.5 Å². The summed E-state index contributed by atoms with van der Waals surface area (Å²) in [6.45, 7) is 3.96. The largest absolute Gasteiger partial charge is 0.487 e. The van der Waals surface area contributed by atoms with Crippen molar-refractivity contribution in [1.29, 1.82) is 0 Å². The number of amides is 2. The molecule has 0 saturated heterocycles. The molecule has 8 heteroatoms. The summed E-state index contributed by atoms with van der Waals surface area (Å²) in [6.07, 6.45) is 1.69. The predicted molar refractivity (Wildman–Crippen MR) is 119 cm³/mol. The van der Waals surface area contributed by atoms with Crippen molar-refractivity contribution in [2.24, 2.45) is 5.92 Å². The lowest BCUT2D eigenvalue weighted by Gasteiger charge is -2.22. The van der Waals surface area contributed by atoms with Gasteiger partial charge in [-0.25, -0.2) is 8.78 Å². The molecular formula is C25H25F2N3O3. The summed E-state index contributed by atoms with van der Waals surface area (Å²) >= 11 is 0. The van der Waals surface area contributed by atoms with E-state index in [4.69, 9.17) is 4.74 Å². The normalized spacial score (nSPS) is 11.7. The van der Waals surface area contributed by atoms with E-state index in [1.54, 1.807) is 38.2 Å². The number of ether oxygens (including phenoxy) is 1. The molecule has 1 heterocycles. The Morgan fingerprint density at radius 1 is 1.00 bits per heavy atom. The summed E-state index contributed by atoms with van der Waals surface area (Å²) in [5.74, 6) is -3.11. The van der Waals surface area contributed by atoms with Crippen LogP contribution in [0.3, 0.4) is 0 Å². The van der Waals surface area contributed by atoms with Crippen LogP contribution in [0.15, 0.2) is 66.9 Å². The van der Waals surface area contributed by atoms with E-state index in [0.29, 0.717) is 12.4 Å². The number of carbonyl (C=O) groups excluding carboxylic acids is 2. The Bertz CT molecular complexity index is 1090. The molecule has 1 unspecified atom stereocenters. The standard InChI is InChI=1S/C25H25F2N3O3/c1-16(2)23(30-24(31)22-20(26)10-6-11-21(22)27)25(32)29-14-17-7-5-9-19(13-17)33-15-18-8-3-4-12-28-18/h3-13,16,23H,14-15H2,1-2H3,(H,29,32)(H,30,31). The van der Waals surface area contributed by atoms with Gasteiger partial charge in [-0.1, -0.05) is 38.1 Å². The molecule has 0 aliphatic heterocycles. The Morgan fingerprint density at radius 2 is 1.73 bits per heavy atom. The van der Waals surface area contributed by atoms with Gasteiger partial charge in [-0.3, -0.25) is 14.6 Å². The number of nitrogens with one attached hydrogen (secondary N) is 2. The van der Waals surface area contributed by atoms with Crippen LogP contribution < -0.4 is 15.4 Å². The van der Waals surface area contributed by atoms with Crippen molar-refractivity contribution in [3.63, 3.8) is 0 Å². The van der Waals surface area contributed by atoms with Crippen LogP contribution in [0.25, 0.3) is 0 Å². The topological polar surface area (TPSA) is 80.3 Å². The zero-order valence-electron chi connectivity index (χ0n) is 18.3. The Morgan fingerprint density at radius 3 is 2.39 bits per heavy atom. The fraction of sp³-hybridized carbons (Fsp3) is 0.240. The van der Waals surface area contributed by atoms with Gasteiger partial charge >= 0.3 is 0 Å². The average molecular weight is 453 g/mol. The third kappa shape index (κ3) is 6.58. The van der Waals surface area contributed by atoms with Gasteiger partial charge in [0.15, 0.2) is 0 Å². The maximum atomic E-state index is 13.9. The number of rotatable bonds is 9. The SMILES string of the molecule is CC(C)C(NC(=O)c1c(F)cccc1F)C(=O)NCc1cccc(OCc2ccccn2)c1. The fourth-order valence-electron chi connectivity index (χ4n) is 3.15. The average Bonchev–Trinajstić information content (AvgIpc) is 2.80. The molecule has 1 atom stereocenters. The van der Waals surface area contributed by atoms with Crippen molar-refractivity contribution >= 4 is 11.8 Å². The molecule has 0 fully saturated rings. The number of hydrogen-bond acceptors (Lipinski definition) is 4. The summed E-state index contributed by atoms with van der Waals surface area (Å²) in [7, 11) is 0. The van der Waals surface area contributed by atoms with Gasteiger partial charge in [0.05, 0.1) is 5.69 Å². The molecule has 2 N–H and O–H groups in total. The number of hydrogen-bond donors (Lipinski definition) is 2. The fourth-order valence-corrected chi connectivity index (χ4v) is 3.15. The number of nitrogens with zero attached hydrogens (tertiary/aromatic N) is 1. The van der Waals surface area contributed by atoms with Gasteiger partial charge in [-0.15, -0.1) is 0 Å². The Kier molecular flexibility index (Phi) is 8.07. The van der Waals surface area contributed by atoms with Crippen LogP contribution in [-0.2, 0) is 17.9 Å². The van der Waals surface area contributed by atoms with Gasteiger partial charge in [-0.05, 0) is 47.9 Å². The smallest absolute Gasteiger partial charge is 0.257 e. The van der Waals surface area contributed by atoms with E-state index in [0.717, 1.165) is 23.4 Å². The van der Waals surface area contributed by atoms with Crippen molar-refractivity contribution in [1.82, 2.24) is 15.6 Å². The first-order valence-corrected chi connectivity index (χ1v) is 10.5. The predicted octanol–water partition coefficient (Wildman–Crippen LogP) is 4.01. The van der Waals surface area contributed by atoms with E-state index >= 15 is 0 Å². The monoisotopic (exact) mass is 453 g/mol. The molecule has 0 radical (unpaired) electrons. The van der Waals surface area contributed by atoms with Crippen LogP contribution in [0, 0.1) is 17.6 Å². The molecule has 2 aromatic carbocycles. The first-order valence-electron chi connectivity index (χ1n) is 10.5. The van der Waals surface area contributed by atoms with Crippen molar-refractivity contribution in [2.45, 2.75) is 33.0 Å². The molecule has 0 aliphatic carbocycles. The van der Waals surface area contributed by atoms with E-state index in [1.165, 1.54) is 6.07 Å². The highest BCUT2D eigenvalue weighted by molar-refractivity contribution is 5.98. The van der Waals surface area contributed by atoms with Crippen LogP contribution in [0.4, 0.5) is 8.78 Å². The molecule has 2 amide bonds. The Labute approximate surface area is 191 Å². The number of halogens is 2. The molecule has 6 nitrogen and oxygen atoms in total. The van der Waals surface area contributed by atoms with Crippen LogP contribution in [0.1, 0.15) is 35.5 Å². The second kappa shape index (κ2) is 11.2. The molecule has 0 spiro atoms. The molecule has 0 aliphatic rings. The molecule has 1 aromatic heterocycles. The minimum Gasteiger partial charge on any atom is -0.487 e. The second-order valence-corrected chi connectivity index (χ2v) is 7.77. The van der Waals surface area contributed by atoms with E-state index < -0.39 is 35.1 Å². The molecular weight excluding hydrogens is 428 g/mol. The summed E-state index contributed by atoms with van der Waals surface area (Å²) in [4.78, 5) is 29.4.